The number of hydrogen-bond donors (Lipinski definition) is 2. The molecule has 0 radical (unpaired) electrons. The Morgan fingerprint density at radius 1 is 1.16 bits per heavy atom. The van der Waals surface area contributed by atoms with Crippen LogP contribution in [0.4, 0.5) is 0 Å². The molecule has 1 atom stereocenters. The molecule has 19 heavy (non-hydrogen) atoms. The minimum absolute atomic E-state index is 0.206. The van der Waals surface area contributed by atoms with Crippen LogP contribution in [-0.4, -0.2) is 18.5 Å². The van der Waals surface area contributed by atoms with Crippen molar-refractivity contribution in [2.45, 2.75) is 83.6 Å². The van der Waals surface area contributed by atoms with Crippen LogP contribution >= 0.6 is 0 Å². The molecule has 112 valence electrons. The van der Waals surface area contributed by atoms with E-state index in [1.165, 1.54) is 57.8 Å². The minimum Gasteiger partial charge on any atom is -0.352 e. The average molecular weight is 268 g/mol. The van der Waals surface area contributed by atoms with Gasteiger partial charge in [0.15, 0.2) is 0 Å². The van der Waals surface area contributed by atoms with Crippen molar-refractivity contribution >= 4 is 5.91 Å². The first-order valence-corrected chi connectivity index (χ1v) is 8.27. The zero-order chi connectivity index (χ0) is 13.9. The van der Waals surface area contributed by atoms with E-state index in [4.69, 9.17) is 5.73 Å². The monoisotopic (exact) mass is 268 g/mol. The van der Waals surface area contributed by atoms with Gasteiger partial charge < -0.3 is 11.1 Å². The van der Waals surface area contributed by atoms with Gasteiger partial charge in [-0.3, -0.25) is 4.79 Å². The lowest BCUT2D eigenvalue weighted by Gasteiger charge is -2.23. The number of rotatable bonds is 10. The Kier molecular flexibility index (Phi) is 8.89. The highest BCUT2D eigenvalue weighted by Gasteiger charge is 2.24. The molecule has 0 aromatic heterocycles. The van der Waals surface area contributed by atoms with Crippen LogP contribution in [0.1, 0.15) is 77.6 Å². The van der Waals surface area contributed by atoms with Crippen molar-refractivity contribution in [1.82, 2.24) is 5.32 Å². The molecule has 1 saturated carbocycles. The quantitative estimate of drug-likeness (QED) is 0.597. The molecular formula is C16H32N2O. The number of nitrogens with two attached hydrogens (primary N) is 1. The first kappa shape index (κ1) is 16.5. The maximum Gasteiger partial charge on any atom is 0.220 e. The van der Waals surface area contributed by atoms with E-state index in [1.54, 1.807) is 0 Å². The van der Waals surface area contributed by atoms with Crippen molar-refractivity contribution in [2.75, 3.05) is 6.54 Å². The summed E-state index contributed by atoms with van der Waals surface area (Å²) in [4.78, 5) is 11.9. The molecule has 1 fully saturated rings. The van der Waals surface area contributed by atoms with Crippen LogP contribution in [0.5, 0.6) is 0 Å². The molecule has 0 spiro atoms. The van der Waals surface area contributed by atoms with E-state index in [-0.39, 0.29) is 11.9 Å². The summed E-state index contributed by atoms with van der Waals surface area (Å²) in [5, 5.41) is 3.15. The standard InChI is InChI=1S/C16H32N2O/c1-2-3-4-5-6-7-12-16(19)18-15(13-17)14-10-8-9-11-14/h14-15H,2-13,17H2,1H3,(H,18,19). The van der Waals surface area contributed by atoms with Gasteiger partial charge in [0.2, 0.25) is 5.91 Å². The molecule has 0 aromatic carbocycles. The van der Waals surface area contributed by atoms with Crippen molar-refractivity contribution in [3.05, 3.63) is 0 Å². The zero-order valence-electron chi connectivity index (χ0n) is 12.6. The third-order valence-electron chi connectivity index (χ3n) is 4.33. The molecule has 1 aliphatic rings. The lowest BCUT2D eigenvalue weighted by Crippen LogP contribution is -2.44. The summed E-state index contributed by atoms with van der Waals surface area (Å²) in [7, 11) is 0. The molecule has 0 aliphatic heterocycles. The number of amides is 1. The predicted octanol–water partition coefficient (Wildman–Crippen LogP) is 3.37. The van der Waals surface area contributed by atoms with E-state index < -0.39 is 0 Å². The van der Waals surface area contributed by atoms with E-state index in [2.05, 4.69) is 12.2 Å². The number of nitrogens with one attached hydrogen (secondary N) is 1. The molecule has 1 amide bonds. The summed E-state index contributed by atoms with van der Waals surface area (Å²) in [5.41, 5.74) is 5.80. The second-order valence-electron chi connectivity index (χ2n) is 5.97. The van der Waals surface area contributed by atoms with Crippen LogP contribution in [0.3, 0.4) is 0 Å². The summed E-state index contributed by atoms with van der Waals surface area (Å²) >= 11 is 0. The van der Waals surface area contributed by atoms with Gasteiger partial charge in [0.25, 0.3) is 0 Å². The highest BCUT2D eigenvalue weighted by molar-refractivity contribution is 5.76. The molecule has 0 aromatic rings. The normalized spacial score (nSPS) is 17.6. The SMILES string of the molecule is CCCCCCCCC(=O)NC(CN)C1CCCC1. The first-order chi connectivity index (χ1) is 9.27. The minimum atomic E-state index is 0.206. The number of carbonyl (C=O) groups excluding carboxylic acids is 1. The van der Waals surface area contributed by atoms with E-state index in [0.717, 1.165) is 6.42 Å². The third kappa shape index (κ3) is 6.95. The van der Waals surface area contributed by atoms with Gasteiger partial charge in [-0.05, 0) is 25.2 Å². The van der Waals surface area contributed by atoms with Gasteiger partial charge in [-0.1, -0.05) is 51.9 Å². The Morgan fingerprint density at radius 2 is 1.79 bits per heavy atom. The molecule has 3 heteroatoms. The number of unbranched alkanes of at least 4 members (excludes halogenated alkanes) is 5. The fraction of sp³-hybridized carbons (Fsp3) is 0.938. The van der Waals surface area contributed by atoms with Crippen molar-refractivity contribution in [1.29, 1.82) is 0 Å². The Labute approximate surface area is 118 Å². The van der Waals surface area contributed by atoms with Crippen molar-refractivity contribution in [3.63, 3.8) is 0 Å². The van der Waals surface area contributed by atoms with Gasteiger partial charge in [0.05, 0.1) is 0 Å². The van der Waals surface area contributed by atoms with Crippen molar-refractivity contribution in [2.24, 2.45) is 11.7 Å². The first-order valence-electron chi connectivity index (χ1n) is 8.27. The van der Waals surface area contributed by atoms with Crippen LogP contribution in [0.2, 0.25) is 0 Å². The third-order valence-corrected chi connectivity index (χ3v) is 4.33. The van der Waals surface area contributed by atoms with Gasteiger partial charge in [-0.15, -0.1) is 0 Å². The smallest absolute Gasteiger partial charge is 0.220 e. The molecule has 3 N–H and O–H groups in total. The fourth-order valence-electron chi connectivity index (χ4n) is 3.07. The van der Waals surface area contributed by atoms with Crippen molar-refractivity contribution < 1.29 is 4.79 Å². The summed E-state index contributed by atoms with van der Waals surface area (Å²) in [5.74, 6) is 0.830. The van der Waals surface area contributed by atoms with Gasteiger partial charge in [0, 0.05) is 19.0 Å². The van der Waals surface area contributed by atoms with Gasteiger partial charge in [0.1, 0.15) is 0 Å². The van der Waals surface area contributed by atoms with Crippen LogP contribution in [0.25, 0.3) is 0 Å². The maximum absolute atomic E-state index is 11.9. The van der Waals surface area contributed by atoms with Crippen LogP contribution in [0, 0.1) is 5.92 Å². The Hall–Kier alpha value is -0.570. The predicted molar refractivity (Wildman–Crippen MR) is 80.9 cm³/mol. The van der Waals surface area contributed by atoms with Gasteiger partial charge in [-0.2, -0.15) is 0 Å². The lowest BCUT2D eigenvalue weighted by molar-refractivity contribution is -0.122. The molecule has 0 heterocycles. The van der Waals surface area contributed by atoms with E-state index in [1.807, 2.05) is 0 Å². The molecule has 3 nitrogen and oxygen atoms in total. The highest BCUT2D eigenvalue weighted by atomic mass is 16.1. The summed E-state index contributed by atoms with van der Waals surface area (Å²) in [6.07, 6.45) is 13.1. The molecule has 1 aliphatic carbocycles. The average Bonchev–Trinajstić information content (AvgIpc) is 2.94. The maximum atomic E-state index is 11.9. The molecule has 1 unspecified atom stereocenters. The fourth-order valence-corrected chi connectivity index (χ4v) is 3.07. The molecule has 0 saturated heterocycles. The van der Waals surface area contributed by atoms with Crippen LogP contribution < -0.4 is 11.1 Å². The Balaban J connectivity index is 2.08. The number of hydrogen-bond acceptors (Lipinski definition) is 2. The van der Waals surface area contributed by atoms with E-state index >= 15 is 0 Å². The van der Waals surface area contributed by atoms with Crippen molar-refractivity contribution in [3.8, 4) is 0 Å². The number of carbonyl (C=O) groups is 1. The van der Waals surface area contributed by atoms with E-state index in [0.29, 0.717) is 18.9 Å². The van der Waals surface area contributed by atoms with Gasteiger partial charge in [-0.25, -0.2) is 0 Å². The van der Waals surface area contributed by atoms with Crippen LogP contribution in [0.15, 0.2) is 0 Å². The Morgan fingerprint density at radius 3 is 2.42 bits per heavy atom. The molecular weight excluding hydrogens is 236 g/mol. The second kappa shape index (κ2) is 10.2. The summed E-state index contributed by atoms with van der Waals surface area (Å²) < 4.78 is 0. The van der Waals surface area contributed by atoms with Gasteiger partial charge >= 0.3 is 0 Å². The zero-order valence-corrected chi connectivity index (χ0v) is 12.6. The highest BCUT2D eigenvalue weighted by Crippen LogP contribution is 2.27. The molecule has 1 rings (SSSR count). The largest absolute Gasteiger partial charge is 0.352 e. The topological polar surface area (TPSA) is 55.1 Å². The Bertz CT molecular complexity index is 237. The lowest BCUT2D eigenvalue weighted by atomic mass is 9.98. The molecule has 0 bridgehead atoms. The second-order valence-corrected chi connectivity index (χ2v) is 5.97. The van der Waals surface area contributed by atoms with Crippen LogP contribution in [-0.2, 0) is 4.79 Å². The summed E-state index contributed by atoms with van der Waals surface area (Å²) in [6, 6.07) is 0.218. The van der Waals surface area contributed by atoms with E-state index in [9.17, 15) is 4.79 Å². The summed E-state index contributed by atoms with van der Waals surface area (Å²) in [6.45, 7) is 2.82.